The summed E-state index contributed by atoms with van der Waals surface area (Å²) in [7, 11) is 0. The first-order valence-corrected chi connectivity index (χ1v) is 7.69. The number of fused-ring (bicyclic) bond motifs is 1. The molecule has 1 heterocycles. The smallest absolute Gasteiger partial charge is 0.261 e. The molecule has 3 aromatic rings. The van der Waals surface area contributed by atoms with Crippen molar-refractivity contribution in [2.75, 3.05) is 6.54 Å². The van der Waals surface area contributed by atoms with Gasteiger partial charge in [0.1, 0.15) is 18.2 Å². The van der Waals surface area contributed by atoms with Crippen LogP contribution in [0.5, 0.6) is 0 Å². The van der Waals surface area contributed by atoms with Crippen molar-refractivity contribution in [3.63, 3.8) is 0 Å². The zero-order valence-corrected chi connectivity index (χ0v) is 13.2. The summed E-state index contributed by atoms with van der Waals surface area (Å²) in [6, 6.07) is 10.0. The van der Waals surface area contributed by atoms with E-state index in [9.17, 15) is 18.4 Å². The summed E-state index contributed by atoms with van der Waals surface area (Å²) in [6.07, 6.45) is 1.59. The van der Waals surface area contributed by atoms with Gasteiger partial charge in [0.2, 0.25) is 5.91 Å². The van der Waals surface area contributed by atoms with Crippen molar-refractivity contribution in [3.8, 4) is 0 Å². The number of rotatable bonds is 5. The van der Waals surface area contributed by atoms with Crippen LogP contribution >= 0.6 is 0 Å². The highest BCUT2D eigenvalue weighted by Gasteiger charge is 2.09. The van der Waals surface area contributed by atoms with Gasteiger partial charge >= 0.3 is 0 Å². The second kappa shape index (κ2) is 7.21. The molecule has 25 heavy (non-hydrogen) atoms. The molecule has 0 aliphatic carbocycles. The summed E-state index contributed by atoms with van der Waals surface area (Å²) in [5.41, 5.74) is 0.374. The van der Waals surface area contributed by atoms with Gasteiger partial charge < -0.3 is 5.32 Å². The summed E-state index contributed by atoms with van der Waals surface area (Å²) < 4.78 is 27.9. The normalized spacial score (nSPS) is 10.8. The summed E-state index contributed by atoms with van der Waals surface area (Å²) in [4.78, 5) is 28.3. The van der Waals surface area contributed by atoms with E-state index in [2.05, 4.69) is 10.3 Å². The van der Waals surface area contributed by atoms with Gasteiger partial charge in [-0.2, -0.15) is 0 Å². The van der Waals surface area contributed by atoms with Gasteiger partial charge in [-0.1, -0.05) is 18.2 Å². The Hall–Kier alpha value is -3.09. The maximum absolute atomic E-state index is 13.5. The molecule has 128 valence electrons. The van der Waals surface area contributed by atoms with Crippen molar-refractivity contribution in [2.45, 2.75) is 13.0 Å². The van der Waals surface area contributed by atoms with E-state index in [1.165, 1.54) is 24.5 Å². The Kier molecular flexibility index (Phi) is 4.83. The van der Waals surface area contributed by atoms with Gasteiger partial charge in [-0.05, 0) is 36.2 Å². The van der Waals surface area contributed by atoms with Crippen LogP contribution in [0.4, 0.5) is 8.78 Å². The lowest BCUT2D eigenvalue weighted by Gasteiger charge is -2.08. The molecule has 7 heteroatoms. The summed E-state index contributed by atoms with van der Waals surface area (Å²) in [5, 5.41) is 2.74. The van der Waals surface area contributed by atoms with Crippen LogP contribution in [-0.2, 0) is 17.8 Å². The largest absolute Gasteiger partial charge is 0.354 e. The molecule has 1 N–H and O–H groups in total. The number of benzene rings is 2. The monoisotopic (exact) mass is 343 g/mol. The third-order valence-corrected chi connectivity index (χ3v) is 3.77. The third-order valence-electron chi connectivity index (χ3n) is 3.77. The molecule has 0 saturated carbocycles. The Morgan fingerprint density at radius 1 is 1.16 bits per heavy atom. The Morgan fingerprint density at radius 2 is 1.96 bits per heavy atom. The fourth-order valence-corrected chi connectivity index (χ4v) is 2.49. The van der Waals surface area contributed by atoms with Gasteiger partial charge in [0.05, 0.1) is 17.2 Å². The molecule has 0 atom stereocenters. The van der Waals surface area contributed by atoms with E-state index in [1.807, 2.05) is 0 Å². The fraction of sp³-hybridized carbons (Fsp3) is 0.167. The highest BCUT2D eigenvalue weighted by atomic mass is 19.1. The van der Waals surface area contributed by atoms with Crippen LogP contribution < -0.4 is 10.9 Å². The number of carbonyl (C=O) groups is 1. The van der Waals surface area contributed by atoms with E-state index in [0.29, 0.717) is 17.5 Å². The number of hydrogen-bond acceptors (Lipinski definition) is 3. The van der Waals surface area contributed by atoms with Crippen molar-refractivity contribution in [1.29, 1.82) is 0 Å². The summed E-state index contributed by atoms with van der Waals surface area (Å²) >= 11 is 0. The average Bonchev–Trinajstić information content (AvgIpc) is 2.59. The zero-order chi connectivity index (χ0) is 17.8. The van der Waals surface area contributed by atoms with E-state index >= 15 is 0 Å². The minimum atomic E-state index is -0.543. The first kappa shape index (κ1) is 16.8. The topological polar surface area (TPSA) is 64.0 Å². The van der Waals surface area contributed by atoms with Gasteiger partial charge in [-0.25, -0.2) is 13.8 Å². The predicted molar refractivity (Wildman–Crippen MR) is 89.1 cm³/mol. The lowest BCUT2D eigenvalue weighted by molar-refractivity contribution is -0.121. The fourth-order valence-electron chi connectivity index (χ4n) is 2.49. The molecule has 0 unspecified atom stereocenters. The van der Waals surface area contributed by atoms with E-state index < -0.39 is 17.3 Å². The molecule has 0 bridgehead atoms. The highest BCUT2D eigenvalue weighted by Crippen LogP contribution is 2.08. The molecule has 1 amide bonds. The van der Waals surface area contributed by atoms with Crippen LogP contribution in [-0.4, -0.2) is 22.0 Å². The Labute approximate surface area is 141 Å². The second-order valence-corrected chi connectivity index (χ2v) is 5.53. The van der Waals surface area contributed by atoms with E-state index in [-0.39, 0.29) is 24.3 Å². The maximum atomic E-state index is 13.5. The quantitative estimate of drug-likeness (QED) is 0.771. The van der Waals surface area contributed by atoms with Crippen LogP contribution in [0.15, 0.2) is 53.6 Å². The minimum Gasteiger partial charge on any atom is -0.354 e. The number of nitrogens with one attached hydrogen (secondary N) is 1. The lowest BCUT2D eigenvalue weighted by Crippen LogP contribution is -2.33. The van der Waals surface area contributed by atoms with Gasteiger partial charge in [0, 0.05) is 6.54 Å². The molecule has 3 rings (SSSR count). The van der Waals surface area contributed by atoms with Crippen molar-refractivity contribution in [1.82, 2.24) is 14.9 Å². The molecule has 0 aliphatic rings. The van der Waals surface area contributed by atoms with Crippen LogP contribution in [0.2, 0.25) is 0 Å². The molecule has 0 spiro atoms. The first-order chi connectivity index (χ1) is 12.0. The van der Waals surface area contributed by atoms with Crippen LogP contribution in [0, 0.1) is 11.6 Å². The number of aromatic nitrogens is 2. The number of amides is 1. The van der Waals surface area contributed by atoms with Gasteiger partial charge in [-0.15, -0.1) is 0 Å². The maximum Gasteiger partial charge on any atom is 0.261 e. The Morgan fingerprint density at radius 3 is 2.76 bits per heavy atom. The molecule has 0 radical (unpaired) electrons. The molecule has 0 saturated heterocycles. The number of carbonyl (C=O) groups excluding carboxylic acids is 1. The minimum absolute atomic E-state index is 0.113. The third kappa shape index (κ3) is 3.88. The van der Waals surface area contributed by atoms with Gasteiger partial charge in [0.15, 0.2) is 0 Å². The summed E-state index contributed by atoms with van der Waals surface area (Å²) in [6.45, 7) is -0.000284. The predicted octanol–water partition coefficient (Wildman–Crippen LogP) is 2.03. The van der Waals surface area contributed by atoms with Crippen LogP contribution in [0.3, 0.4) is 0 Å². The van der Waals surface area contributed by atoms with Crippen LogP contribution in [0.25, 0.3) is 10.9 Å². The number of halogens is 2. The van der Waals surface area contributed by atoms with Gasteiger partial charge in [-0.3, -0.25) is 14.2 Å². The van der Waals surface area contributed by atoms with Crippen molar-refractivity contribution in [2.24, 2.45) is 0 Å². The molecular weight excluding hydrogens is 328 g/mol. The number of nitrogens with zero attached hydrogens (tertiary/aromatic N) is 2. The molecule has 5 nitrogen and oxygen atoms in total. The Bertz CT molecular complexity index is 985. The SMILES string of the molecule is O=C(Cn1cnc2ccc(F)cc2c1=O)NCCc1ccccc1F. The van der Waals surface area contributed by atoms with Crippen molar-refractivity contribution < 1.29 is 13.6 Å². The van der Waals surface area contributed by atoms with E-state index in [1.54, 1.807) is 18.2 Å². The lowest BCUT2D eigenvalue weighted by atomic mass is 10.1. The van der Waals surface area contributed by atoms with E-state index in [4.69, 9.17) is 0 Å². The zero-order valence-electron chi connectivity index (χ0n) is 13.2. The van der Waals surface area contributed by atoms with Gasteiger partial charge in [0.25, 0.3) is 5.56 Å². The Balaban J connectivity index is 1.65. The molecule has 1 aromatic heterocycles. The molecular formula is C18H15F2N3O2. The first-order valence-electron chi connectivity index (χ1n) is 7.69. The highest BCUT2D eigenvalue weighted by molar-refractivity contribution is 5.79. The average molecular weight is 343 g/mol. The summed E-state index contributed by atoms with van der Waals surface area (Å²) in [5.74, 6) is -1.27. The molecule has 0 aliphatic heterocycles. The van der Waals surface area contributed by atoms with Crippen molar-refractivity contribution in [3.05, 3.63) is 76.3 Å². The second-order valence-electron chi connectivity index (χ2n) is 5.53. The standard InChI is InChI=1S/C18H15F2N3O2/c19-13-5-6-16-14(9-13)18(25)23(11-22-16)10-17(24)21-8-7-12-3-1-2-4-15(12)20/h1-6,9,11H,7-8,10H2,(H,21,24). The van der Waals surface area contributed by atoms with E-state index in [0.717, 1.165) is 10.6 Å². The number of hydrogen-bond donors (Lipinski definition) is 1. The molecule has 0 fully saturated rings. The van der Waals surface area contributed by atoms with Crippen molar-refractivity contribution >= 4 is 16.8 Å². The van der Waals surface area contributed by atoms with Crippen LogP contribution in [0.1, 0.15) is 5.56 Å². The molecule has 2 aromatic carbocycles.